The molecule has 126 valence electrons. The first-order valence-corrected chi connectivity index (χ1v) is 8.88. The van der Waals surface area contributed by atoms with Crippen molar-refractivity contribution in [3.05, 3.63) is 34.2 Å². The second kappa shape index (κ2) is 8.43. The summed E-state index contributed by atoms with van der Waals surface area (Å²) >= 11 is 1.78. The minimum atomic E-state index is 0.442. The molecule has 0 aliphatic heterocycles. The van der Waals surface area contributed by atoms with Crippen LogP contribution in [0.4, 0.5) is 0 Å². The minimum Gasteiger partial charge on any atom is -0.492 e. The Morgan fingerprint density at radius 3 is 2.57 bits per heavy atom. The number of nitrogens with two attached hydrogens (primary N) is 1. The van der Waals surface area contributed by atoms with Crippen molar-refractivity contribution in [1.82, 2.24) is 9.88 Å². The standard InChI is InChI=1S/C18H27N3OS/c1-13(9-10-19)18-17(20-14(2)23-18)15-5-7-16(8-6-15)22-12-11-21(3)4/h5-8,13H,9-12,19H2,1-4H3. The highest BCUT2D eigenvalue weighted by molar-refractivity contribution is 7.12. The summed E-state index contributed by atoms with van der Waals surface area (Å²) in [5.74, 6) is 1.34. The molecule has 2 N–H and O–H groups in total. The highest BCUT2D eigenvalue weighted by Crippen LogP contribution is 2.35. The van der Waals surface area contributed by atoms with Crippen molar-refractivity contribution in [1.29, 1.82) is 0 Å². The zero-order valence-electron chi connectivity index (χ0n) is 14.5. The number of aryl methyl sites for hydroxylation is 1. The Morgan fingerprint density at radius 2 is 1.96 bits per heavy atom. The number of thiazole rings is 1. The Hall–Kier alpha value is -1.43. The van der Waals surface area contributed by atoms with E-state index < -0.39 is 0 Å². The summed E-state index contributed by atoms with van der Waals surface area (Å²) in [7, 11) is 4.09. The second-order valence-electron chi connectivity index (χ2n) is 6.10. The summed E-state index contributed by atoms with van der Waals surface area (Å²) in [5, 5.41) is 1.10. The molecule has 0 radical (unpaired) electrons. The summed E-state index contributed by atoms with van der Waals surface area (Å²) in [4.78, 5) is 8.17. The van der Waals surface area contributed by atoms with Crippen molar-refractivity contribution in [3.8, 4) is 17.0 Å². The van der Waals surface area contributed by atoms with Gasteiger partial charge in [0, 0.05) is 17.0 Å². The van der Waals surface area contributed by atoms with Gasteiger partial charge in [-0.1, -0.05) is 6.92 Å². The van der Waals surface area contributed by atoms with Crippen molar-refractivity contribution in [3.63, 3.8) is 0 Å². The molecular formula is C18H27N3OS. The third-order valence-electron chi connectivity index (χ3n) is 3.74. The molecule has 2 aromatic rings. The van der Waals surface area contributed by atoms with E-state index in [1.165, 1.54) is 4.88 Å². The lowest BCUT2D eigenvalue weighted by atomic mass is 10.0. The summed E-state index contributed by atoms with van der Waals surface area (Å²) in [6, 6.07) is 8.24. The number of nitrogens with zero attached hydrogens (tertiary/aromatic N) is 2. The summed E-state index contributed by atoms with van der Waals surface area (Å²) in [5.41, 5.74) is 7.95. The monoisotopic (exact) mass is 333 g/mol. The molecule has 1 atom stereocenters. The molecule has 0 aliphatic carbocycles. The van der Waals surface area contributed by atoms with Crippen LogP contribution >= 0.6 is 11.3 Å². The highest BCUT2D eigenvalue weighted by Gasteiger charge is 2.16. The van der Waals surface area contributed by atoms with E-state index in [9.17, 15) is 0 Å². The van der Waals surface area contributed by atoms with E-state index in [1.807, 2.05) is 26.2 Å². The Kier molecular flexibility index (Phi) is 6.57. The van der Waals surface area contributed by atoms with E-state index in [-0.39, 0.29) is 0 Å². The van der Waals surface area contributed by atoms with Gasteiger partial charge in [0.25, 0.3) is 0 Å². The second-order valence-corrected chi connectivity index (χ2v) is 7.34. The maximum absolute atomic E-state index is 5.75. The van der Waals surface area contributed by atoms with Gasteiger partial charge in [-0.05, 0) is 64.2 Å². The predicted molar refractivity (Wildman–Crippen MR) is 98.4 cm³/mol. The molecule has 2 rings (SSSR count). The molecule has 0 aliphatic rings. The van der Waals surface area contributed by atoms with Crippen molar-refractivity contribution in [2.45, 2.75) is 26.2 Å². The van der Waals surface area contributed by atoms with Gasteiger partial charge in [-0.2, -0.15) is 0 Å². The van der Waals surface area contributed by atoms with Gasteiger partial charge >= 0.3 is 0 Å². The molecular weight excluding hydrogens is 306 g/mol. The Bertz CT molecular complexity index is 607. The van der Waals surface area contributed by atoms with E-state index in [0.29, 0.717) is 19.1 Å². The number of hydrogen-bond donors (Lipinski definition) is 1. The number of aromatic nitrogens is 1. The van der Waals surface area contributed by atoms with Crippen LogP contribution in [0.5, 0.6) is 5.75 Å². The van der Waals surface area contributed by atoms with Crippen molar-refractivity contribution < 1.29 is 4.74 Å². The molecule has 0 amide bonds. The van der Waals surface area contributed by atoms with E-state index in [0.717, 1.165) is 35.0 Å². The van der Waals surface area contributed by atoms with Crippen LogP contribution in [0.25, 0.3) is 11.3 Å². The smallest absolute Gasteiger partial charge is 0.119 e. The first-order valence-electron chi connectivity index (χ1n) is 8.06. The summed E-state index contributed by atoms with van der Waals surface area (Å²) < 4.78 is 5.75. The van der Waals surface area contributed by atoms with Crippen LogP contribution in [0.2, 0.25) is 0 Å². The Morgan fingerprint density at radius 1 is 1.26 bits per heavy atom. The number of rotatable bonds is 8. The quantitative estimate of drug-likeness (QED) is 0.803. The molecule has 1 heterocycles. The average molecular weight is 334 g/mol. The first-order chi connectivity index (χ1) is 11.0. The van der Waals surface area contributed by atoms with Gasteiger partial charge in [-0.15, -0.1) is 11.3 Å². The molecule has 1 aromatic carbocycles. The minimum absolute atomic E-state index is 0.442. The molecule has 23 heavy (non-hydrogen) atoms. The molecule has 0 saturated carbocycles. The number of benzene rings is 1. The molecule has 4 nitrogen and oxygen atoms in total. The lowest BCUT2D eigenvalue weighted by molar-refractivity contribution is 0.261. The summed E-state index contributed by atoms with van der Waals surface area (Å²) in [6.45, 7) is 6.60. The number of likely N-dealkylation sites (N-methyl/N-ethyl adjacent to an activating group) is 1. The van der Waals surface area contributed by atoms with Gasteiger partial charge in [-0.25, -0.2) is 4.98 Å². The van der Waals surface area contributed by atoms with E-state index in [1.54, 1.807) is 11.3 Å². The van der Waals surface area contributed by atoms with Gasteiger partial charge in [0.15, 0.2) is 0 Å². The zero-order chi connectivity index (χ0) is 16.8. The van der Waals surface area contributed by atoms with Gasteiger partial charge in [0.2, 0.25) is 0 Å². The highest BCUT2D eigenvalue weighted by atomic mass is 32.1. The first kappa shape index (κ1) is 17.9. The third kappa shape index (κ3) is 5.03. The number of ether oxygens (including phenoxy) is 1. The maximum atomic E-state index is 5.75. The van der Waals surface area contributed by atoms with Gasteiger partial charge in [0.05, 0.1) is 10.7 Å². The maximum Gasteiger partial charge on any atom is 0.119 e. The van der Waals surface area contributed by atoms with Crippen LogP contribution in [0.1, 0.15) is 29.1 Å². The molecule has 0 fully saturated rings. The van der Waals surface area contributed by atoms with Crippen LogP contribution in [0.15, 0.2) is 24.3 Å². The van der Waals surface area contributed by atoms with Crippen LogP contribution in [-0.2, 0) is 0 Å². The topological polar surface area (TPSA) is 51.4 Å². The summed E-state index contributed by atoms with van der Waals surface area (Å²) in [6.07, 6.45) is 0.986. The van der Waals surface area contributed by atoms with Crippen LogP contribution in [0, 0.1) is 6.92 Å². The average Bonchev–Trinajstić information content (AvgIpc) is 2.90. The lowest BCUT2D eigenvalue weighted by Gasteiger charge is -2.12. The van der Waals surface area contributed by atoms with Gasteiger partial charge in [0.1, 0.15) is 12.4 Å². The SMILES string of the molecule is Cc1nc(-c2ccc(OCCN(C)C)cc2)c(C(C)CCN)s1. The zero-order valence-corrected chi connectivity index (χ0v) is 15.3. The Labute approximate surface area is 143 Å². The fourth-order valence-electron chi connectivity index (χ4n) is 2.42. The normalized spacial score (nSPS) is 12.6. The predicted octanol–water partition coefficient (Wildman–Crippen LogP) is 3.51. The van der Waals surface area contributed by atoms with Crippen LogP contribution in [-0.4, -0.2) is 43.7 Å². The fraction of sp³-hybridized carbons (Fsp3) is 0.500. The van der Waals surface area contributed by atoms with Crippen molar-refractivity contribution in [2.75, 3.05) is 33.8 Å². The molecule has 0 bridgehead atoms. The Balaban J connectivity index is 2.13. The van der Waals surface area contributed by atoms with E-state index >= 15 is 0 Å². The van der Waals surface area contributed by atoms with Gasteiger partial charge < -0.3 is 15.4 Å². The van der Waals surface area contributed by atoms with E-state index in [4.69, 9.17) is 15.5 Å². The third-order valence-corrected chi connectivity index (χ3v) is 4.94. The van der Waals surface area contributed by atoms with Crippen molar-refractivity contribution in [2.24, 2.45) is 5.73 Å². The molecule has 5 heteroatoms. The van der Waals surface area contributed by atoms with Crippen molar-refractivity contribution >= 4 is 11.3 Å². The molecule has 0 spiro atoms. The number of hydrogen-bond acceptors (Lipinski definition) is 5. The van der Waals surface area contributed by atoms with E-state index in [2.05, 4.69) is 30.9 Å². The molecule has 1 aromatic heterocycles. The van der Waals surface area contributed by atoms with Crippen LogP contribution < -0.4 is 10.5 Å². The lowest BCUT2D eigenvalue weighted by Crippen LogP contribution is -2.19. The molecule has 0 saturated heterocycles. The van der Waals surface area contributed by atoms with Gasteiger partial charge in [-0.3, -0.25) is 0 Å². The largest absolute Gasteiger partial charge is 0.492 e. The molecule has 1 unspecified atom stereocenters. The fourth-order valence-corrected chi connectivity index (χ4v) is 3.45. The van der Waals surface area contributed by atoms with Crippen LogP contribution in [0.3, 0.4) is 0 Å².